The Hall–Kier alpha value is -2.78. The highest BCUT2D eigenvalue weighted by Crippen LogP contribution is 2.31. The molecule has 0 bridgehead atoms. The largest absolute Gasteiger partial charge is 0.627 e. The molecule has 3 amide bonds. The molecule has 2 unspecified atom stereocenters. The van der Waals surface area contributed by atoms with Crippen LogP contribution in [-0.2, 0) is 9.59 Å². The van der Waals surface area contributed by atoms with Crippen molar-refractivity contribution in [1.82, 2.24) is 4.90 Å². The zero-order valence-electron chi connectivity index (χ0n) is 14.7. The van der Waals surface area contributed by atoms with Crippen LogP contribution in [-0.4, -0.2) is 52.8 Å². The second-order valence-corrected chi connectivity index (χ2v) is 6.68. The molecule has 3 rings (SSSR count). The molecular weight excluding hydrogens is 354 g/mol. The number of anilines is 1. The first kappa shape index (κ1) is 19.0. The second-order valence-electron chi connectivity index (χ2n) is 6.68. The summed E-state index contributed by atoms with van der Waals surface area (Å²) in [6.45, 7) is 0.580. The predicted octanol–water partition coefficient (Wildman–Crippen LogP) is 0.0211. The average molecular weight is 375 g/mol. The minimum absolute atomic E-state index is 0.0539. The summed E-state index contributed by atoms with van der Waals surface area (Å²) in [5.74, 6) is -2.62. The van der Waals surface area contributed by atoms with E-state index in [-0.39, 0.29) is 30.5 Å². The van der Waals surface area contributed by atoms with Crippen LogP contribution in [0.1, 0.15) is 52.8 Å². The van der Waals surface area contributed by atoms with E-state index in [4.69, 9.17) is 5.11 Å². The second kappa shape index (κ2) is 7.85. The van der Waals surface area contributed by atoms with Gasteiger partial charge in [-0.25, -0.2) is 4.79 Å². The first-order valence-electron chi connectivity index (χ1n) is 8.95. The van der Waals surface area contributed by atoms with Crippen LogP contribution in [0, 0.1) is 5.21 Å². The summed E-state index contributed by atoms with van der Waals surface area (Å²) in [7, 11) is 0. The van der Waals surface area contributed by atoms with E-state index >= 15 is 0 Å². The predicted molar refractivity (Wildman–Crippen MR) is 94.1 cm³/mol. The minimum atomic E-state index is -1.01. The van der Waals surface area contributed by atoms with E-state index < -0.39 is 34.8 Å². The van der Waals surface area contributed by atoms with Gasteiger partial charge in [-0.3, -0.25) is 19.3 Å². The Balaban J connectivity index is 1.68. The van der Waals surface area contributed by atoms with Gasteiger partial charge in [-0.15, -0.1) is 0 Å². The van der Waals surface area contributed by atoms with E-state index in [9.17, 15) is 24.4 Å². The zero-order valence-corrected chi connectivity index (χ0v) is 14.7. The van der Waals surface area contributed by atoms with E-state index in [0.29, 0.717) is 18.7 Å². The number of quaternary nitrogens is 1. The monoisotopic (exact) mass is 375 g/mol. The third-order valence-corrected chi connectivity index (χ3v) is 4.86. The molecule has 9 nitrogen and oxygen atoms in total. The lowest BCUT2D eigenvalue weighted by Gasteiger charge is -2.19. The van der Waals surface area contributed by atoms with Gasteiger partial charge in [-0.1, -0.05) is 12.5 Å². The number of hydrogen-bond acceptors (Lipinski definition) is 6. The molecule has 0 spiro atoms. The highest BCUT2D eigenvalue weighted by Gasteiger charge is 2.48. The normalized spacial score (nSPS) is 21.7. The van der Waals surface area contributed by atoms with Crippen LogP contribution in [0.15, 0.2) is 18.2 Å². The summed E-state index contributed by atoms with van der Waals surface area (Å²) in [5, 5.41) is 22.7. The lowest BCUT2D eigenvalue weighted by Crippen LogP contribution is -3.08. The van der Waals surface area contributed by atoms with Gasteiger partial charge in [-0.05, 0) is 25.0 Å². The van der Waals surface area contributed by atoms with Gasteiger partial charge in [0.1, 0.15) is 0 Å². The Bertz CT molecular complexity index is 793. The van der Waals surface area contributed by atoms with Crippen LogP contribution >= 0.6 is 0 Å². The summed E-state index contributed by atoms with van der Waals surface area (Å²) in [6.07, 6.45) is 2.32. The molecule has 0 aromatic heterocycles. The summed E-state index contributed by atoms with van der Waals surface area (Å²) in [4.78, 5) is 48.8. The van der Waals surface area contributed by atoms with Gasteiger partial charge in [0.15, 0.2) is 6.04 Å². The summed E-state index contributed by atoms with van der Waals surface area (Å²) < 4.78 is 0. The van der Waals surface area contributed by atoms with Crippen LogP contribution in [0.25, 0.3) is 0 Å². The summed E-state index contributed by atoms with van der Waals surface area (Å²) in [5.41, 5.74) is 0.951. The molecule has 144 valence electrons. The van der Waals surface area contributed by atoms with Gasteiger partial charge >= 0.3 is 11.9 Å². The lowest BCUT2D eigenvalue weighted by molar-refractivity contribution is -0.755. The van der Waals surface area contributed by atoms with Crippen molar-refractivity contribution in [3.63, 3.8) is 0 Å². The number of benzene rings is 1. The van der Waals surface area contributed by atoms with Crippen molar-refractivity contribution in [2.75, 3.05) is 18.4 Å². The van der Waals surface area contributed by atoms with Gasteiger partial charge in [0.2, 0.25) is 0 Å². The van der Waals surface area contributed by atoms with Crippen molar-refractivity contribution in [3.8, 4) is 0 Å². The number of aliphatic carboxylic acids is 1. The van der Waals surface area contributed by atoms with Crippen molar-refractivity contribution in [1.29, 1.82) is 0 Å². The molecule has 2 aliphatic rings. The third kappa shape index (κ3) is 3.69. The minimum Gasteiger partial charge on any atom is -0.627 e. The number of nitrogens with zero attached hydrogens (tertiary/aromatic N) is 1. The zero-order chi connectivity index (χ0) is 19.6. The van der Waals surface area contributed by atoms with Gasteiger partial charge in [0.25, 0.3) is 11.8 Å². The molecule has 0 aliphatic carbocycles. The molecule has 2 heterocycles. The van der Waals surface area contributed by atoms with E-state index in [0.717, 1.165) is 17.7 Å². The standard InChI is InChI=1S/C18H21N3O6/c22-14(23)7-2-1-3-9-19-12-6-4-5-11-15(12)18(26)21(16(11)24)13-8-10-20(27)17(13)25/h4-6,13,19-20H,1-3,7-10H2,(H,22,23). The van der Waals surface area contributed by atoms with Crippen LogP contribution in [0.2, 0.25) is 0 Å². The maximum Gasteiger partial charge on any atom is 0.335 e. The van der Waals surface area contributed by atoms with E-state index in [1.165, 1.54) is 6.07 Å². The third-order valence-electron chi connectivity index (χ3n) is 4.86. The number of unbranched alkanes of at least 4 members (excludes halogenated alkanes) is 2. The first-order chi connectivity index (χ1) is 12.9. The van der Waals surface area contributed by atoms with E-state index in [2.05, 4.69) is 5.32 Å². The molecule has 1 saturated heterocycles. The van der Waals surface area contributed by atoms with Gasteiger partial charge in [-0.2, -0.15) is 0 Å². The van der Waals surface area contributed by atoms with Crippen molar-refractivity contribution in [2.24, 2.45) is 0 Å². The number of hydroxylamine groups is 2. The molecule has 1 fully saturated rings. The molecule has 2 aliphatic heterocycles. The Morgan fingerprint density at radius 3 is 2.67 bits per heavy atom. The molecule has 27 heavy (non-hydrogen) atoms. The number of hydrogen-bond donors (Lipinski definition) is 3. The summed E-state index contributed by atoms with van der Waals surface area (Å²) in [6, 6.07) is 3.87. The number of carboxylic acids is 1. The number of fused-ring (bicyclic) bond motifs is 1. The van der Waals surface area contributed by atoms with Crippen LogP contribution in [0.5, 0.6) is 0 Å². The molecule has 2 atom stereocenters. The van der Waals surface area contributed by atoms with Gasteiger partial charge in [0.05, 0.1) is 17.7 Å². The highest BCUT2D eigenvalue weighted by molar-refractivity contribution is 6.25. The molecule has 9 heteroatoms. The molecule has 1 aromatic rings. The molecule has 1 aromatic carbocycles. The van der Waals surface area contributed by atoms with E-state index in [1.807, 2.05) is 0 Å². The first-order valence-corrected chi connectivity index (χ1v) is 8.95. The lowest BCUT2D eigenvalue weighted by atomic mass is 10.1. The number of carbonyl (C=O) groups excluding carboxylic acids is 3. The maximum atomic E-state index is 12.8. The van der Waals surface area contributed by atoms with Crippen LogP contribution in [0.3, 0.4) is 0 Å². The highest BCUT2D eigenvalue weighted by atomic mass is 16.5. The van der Waals surface area contributed by atoms with Gasteiger partial charge in [0, 0.05) is 25.1 Å². The SMILES string of the molecule is O=C(O)CCCCCNc1cccc2c1C(=O)N(C1CC[NH+]([O-])C1=O)C2=O. The smallest absolute Gasteiger partial charge is 0.335 e. The topological polar surface area (TPSA) is 131 Å². The molecule has 0 saturated carbocycles. The fraction of sp³-hybridized carbons (Fsp3) is 0.444. The number of carbonyl (C=O) groups is 4. The van der Waals surface area contributed by atoms with Crippen LogP contribution < -0.4 is 10.4 Å². The Morgan fingerprint density at radius 1 is 1.22 bits per heavy atom. The number of imide groups is 1. The maximum absolute atomic E-state index is 12.8. The summed E-state index contributed by atoms with van der Waals surface area (Å²) >= 11 is 0. The van der Waals surface area contributed by atoms with Crippen molar-refractivity contribution in [3.05, 3.63) is 34.5 Å². The number of amides is 3. The Kier molecular flexibility index (Phi) is 5.52. The van der Waals surface area contributed by atoms with Gasteiger partial charge < -0.3 is 20.7 Å². The molecular formula is C18H21N3O6. The van der Waals surface area contributed by atoms with Crippen molar-refractivity contribution < 1.29 is 29.3 Å². The Labute approximate surface area is 155 Å². The number of rotatable bonds is 8. The molecule has 0 radical (unpaired) electrons. The van der Waals surface area contributed by atoms with Crippen molar-refractivity contribution in [2.45, 2.75) is 38.1 Å². The number of carboxylic acid groups (broad SMARTS) is 1. The fourth-order valence-electron chi connectivity index (χ4n) is 3.49. The quantitative estimate of drug-likeness (QED) is 0.332. The molecule has 3 N–H and O–H groups in total. The fourth-order valence-corrected chi connectivity index (χ4v) is 3.49. The van der Waals surface area contributed by atoms with Crippen LogP contribution in [0.4, 0.5) is 5.69 Å². The Morgan fingerprint density at radius 2 is 2.00 bits per heavy atom. The number of nitrogens with one attached hydrogen (secondary N) is 2. The average Bonchev–Trinajstić information content (AvgIpc) is 3.09. The van der Waals surface area contributed by atoms with E-state index in [1.54, 1.807) is 12.1 Å². The van der Waals surface area contributed by atoms with Crippen molar-refractivity contribution >= 4 is 29.4 Å².